The Bertz CT molecular complexity index is 717. The van der Waals surface area contributed by atoms with Crippen molar-refractivity contribution in [1.82, 2.24) is 5.32 Å². The van der Waals surface area contributed by atoms with Crippen LogP contribution in [0.15, 0.2) is 48.5 Å². The lowest BCUT2D eigenvalue weighted by atomic mass is 9.97. The molecule has 2 rings (SSSR count). The van der Waals surface area contributed by atoms with Crippen molar-refractivity contribution in [1.29, 1.82) is 0 Å². The lowest BCUT2D eigenvalue weighted by molar-refractivity contribution is 0.0180. The van der Waals surface area contributed by atoms with Gasteiger partial charge >= 0.3 is 6.09 Å². The monoisotopic (exact) mass is 343 g/mol. The van der Waals surface area contributed by atoms with Gasteiger partial charge in [-0.25, -0.2) is 4.79 Å². The summed E-state index contributed by atoms with van der Waals surface area (Å²) in [5.74, 6) is 0. The minimum absolute atomic E-state index is 0.123. The minimum Gasteiger partial charge on any atom is -0.445 e. The molecule has 0 spiro atoms. The van der Waals surface area contributed by atoms with Gasteiger partial charge in [0.2, 0.25) is 0 Å². The Balaban J connectivity index is 1.83. The van der Waals surface area contributed by atoms with E-state index in [2.05, 4.69) is 5.32 Å². The molecule has 0 aliphatic heterocycles. The quantitative estimate of drug-likeness (QED) is 0.669. The third-order valence-corrected chi connectivity index (χ3v) is 3.78. The molecule has 0 saturated heterocycles. The molecule has 0 bridgehead atoms. The number of alkyl carbamates (subject to hydrolysis) is 1. The average molecular weight is 343 g/mol. The van der Waals surface area contributed by atoms with Crippen molar-refractivity contribution in [3.05, 3.63) is 70.8 Å². The van der Waals surface area contributed by atoms with Crippen LogP contribution in [0.4, 0.5) is 4.79 Å². The smallest absolute Gasteiger partial charge is 0.407 e. The van der Waals surface area contributed by atoms with Gasteiger partial charge in [-0.2, -0.15) is 0 Å². The number of aliphatic hydroxyl groups is 2. The number of aliphatic hydroxyl groups excluding tert-OH is 2. The van der Waals surface area contributed by atoms with Crippen molar-refractivity contribution in [2.45, 2.75) is 25.7 Å². The van der Waals surface area contributed by atoms with Crippen LogP contribution in [0.1, 0.15) is 33.2 Å². The highest BCUT2D eigenvalue weighted by Gasteiger charge is 2.21. The molecule has 0 radical (unpaired) electrons. The molecule has 2 aromatic rings. The molecular weight excluding hydrogens is 322 g/mol. The fourth-order valence-electron chi connectivity index (χ4n) is 2.39. The van der Waals surface area contributed by atoms with E-state index < -0.39 is 18.3 Å². The Kier molecular flexibility index (Phi) is 6.68. The first-order valence-corrected chi connectivity index (χ1v) is 7.87. The zero-order valence-electron chi connectivity index (χ0n) is 13.9. The number of aryl methyl sites for hydroxylation is 1. The lowest BCUT2D eigenvalue weighted by Crippen LogP contribution is -2.36. The van der Waals surface area contributed by atoms with E-state index in [9.17, 15) is 19.8 Å². The molecule has 3 N–H and O–H groups in total. The summed E-state index contributed by atoms with van der Waals surface area (Å²) in [5.41, 5.74) is 2.52. The number of rotatable bonds is 7. The summed E-state index contributed by atoms with van der Waals surface area (Å²) in [4.78, 5) is 22.4. The second-order valence-electron chi connectivity index (χ2n) is 5.69. The largest absolute Gasteiger partial charge is 0.445 e. The Morgan fingerprint density at radius 1 is 1.20 bits per heavy atom. The maximum atomic E-state index is 11.7. The van der Waals surface area contributed by atoms with E-state index in [1.165, 1.54) is 0 Å². The van der Waals surface area contributed by atoms with E-state index in [4.69, 9.17) is 4.74 Å². The molecular formula is C19H21NO5. The maximum Gasteiger partial charge on any atom is 0.407 e. The van der Waals surface area contributed by atoms with Crippen molar-refractivity contribution >= 4 is 12.4 Å². The van der Waals surface area contributed by atoms with Crippen LogP contribution in [0.5, 0.6) is 0 Å². The lowest BCUT2D eigenvalue weighted by Gasteiger charge is -2.20. The van der Waals surface area contributed by atoms with E-state index in [-0.39, 0.29) is 13.2 Å². The molecule has 1 amide bonds. The minimum atomic E-state index is -1.20. The molecule has 25 heavy (non-hydrogen) atoms. The molecule has 132 valence electrons. The number of hydrogen-bond acceptors (Lipinski definition) is 5. The van der Waals surface area contributed by atoms with Gasteiger partial charge in [-0.05, 0) is 29.7 Å². The van der Waals surface area contributed by atoms with Crippen molar-refractivity contribution in [3.8, 4) is 0 Å². The van der Waals surface area contributed by atoms with Crippen LogP contribution < -0.4 is 5.32 Å². The predicted molar refractivity (Wildman–Crippen MR) is 92.2 cm³/mol. The van der Waals surface area contributed by atoms with Gasteiger partial charge in [0.15, 0.2) is 0 Å². The first-order chi connectivity index (χ1) is 12.0. The Morgan fingerprint density at radius 3 is 2.56 bits per heavy atom. The highest BCUT2D eigenvalue weighted by atomic mass is 16.5. The number of amides is 1. The SMILES string of the molecule is Cc1cc(C=O)ccc1C(O)C(O)CNC(=O)OCc1ccccc1. The Morgan fingerprint density at radius 2 is 1.92 bits per heavy atom. The van der Waals surface area contributed by atoms with Gasteiger partial charge in [0.1, 0.15) is 25.1 Å². The molecule has 0 fully saturated rings. The molecule has 0 aliphatic rings. The van der Waals surface area contributed by atoms with Gasteiger partial charge in [0.05, 0.1) is 0 Å². The second-order valence-corrected chi connectivity index (χ2v) is 5.69. The molecule has 2 unspecified atom stereocenters. The molecule has 2 atom stereocenters. The van der Waals surface area contributed by atoms with Crippen molar-refractivity contribution in [2.75, 3.05) is 6.54 Å². The normalized spacial score (nSPS) is 12.9. The van der Waals surface area contributed by atoms with Crippen molar-refractivity contribution in [3.63, 3.8) is 0 Å². The van der Waals surface area contributed by atoms with Gasteiger partial charge in [-0.1, -0.05) is 42.5 Å². The van der Waals surface area contributed by atoms with Crippen LogP contribution in [0.3, 0.4) is 0 Å². The van der Waals surface area contributed by atoms with E-state index in [0.29, 0.717) is 23.0 Å². The molecule has 0 heterocycles. The summed E-state index contributed by atoms with van der Waals surface area (Å²) in [7, 11) is 0. The van der Waals surface area contributed by atoms with E-state index in [1.54, 1.807) is 25.1 Å². The Labute approximate surface area is 146 Å². The Hall–Kier alpha value is -2.70. The standard InChI is InChI=1S/C19H21NO5/c1-13-9-15(11-21)7-8-16(13)18(23)17(22)10-20-19(24)25-12-14-5-3-2-4-6-14/h2-9,11,17-18,22-23H,10,12H2,1H3,(H,20,24). The highest BCUT2D eigenvalue weighted by Crippen LogP contribution is 2.21. The maximum absolute atomic E-state index is 11.7. The first-order valence-electron chi connectivity index (χ1n) is 7.87. The van der Waals surface area contributed by atoms with Crippen LogP contribution in [-0.2, 0) is 11.3 Å². The van der Waals surface area contributed by atoms with Gasteiger partial charge in [-0.3, -0.25) is 4.79 Å². The van der Waals surface area contributed by atoms with Crippen LogP contribution in [-0.4, -0.2) is 35.2 Å². The molecule has 0 saturated carbocycles. The second kappa shape index (κ2) is 8.96. The van der Waals surface area contributed by atoms with Crippen LogP contribution in [0.25, 0.3) is 0 Å². The summed E-state index contributed by atoms with van der Waals surface area (Å²) >= 11 is 0. The fraction of sp³-hybridized carbons (Fsp3) is 0.263. The number of benzene rings is 2. The summed E-state index contributed by atoms with van der Waals surface area (Å²) in [6.07, 6.45) is -2.35. The summed E-state index contributed by atoms with van der Waals surface area (Å²) < 4.78 is 5.04. The van der Waals surface area contributed by atoms with Crippen molar-refractivity contribution in [2.24, 2.45) is 0 Å². The number of aldehydes is 1. The van der Waals surface area contributed by atoms with E-state index >= 15 is 0 Å². The average Bonchev–Trinajstić information content (AvgIpc) is 2.64. The topological polar surface area (TPSA) is 95.9 Å². The van der Waals surface area contributed by atoms with Crippen LogP contribution in [0.2, 0.25) is 0 Å². The van der Waals surface area contributed by atoms with E-state index in [1.807, 2.05) is 30.3 Å². The van der Waals surface area contributed by atoms with Gasteiger partial charge in [0, 0.05) is 12.1 Å². The summed E-state index contributed by atoms with van der Waals surface area (Å²) in [6.45, 7) is 1.70. The molecule has 6 nitrogen and oxygen atoms in total. The van der Waals surface area contributed by atoms with Gasteiger partial charge in [0.25, 0.3) is 0 Å². The highest BCUT2D eigenvalue weighted by molar-refractivity contribution is 5.75. The third-order valence-electron chi connectivity index (χ3n) is 3.78. The number of nitrogens with one attached hydrogen (secondary N) is 1. The third kappa shape index (κ3) is 5.41. The van der Waals surface area contributed by atoms with E-state index in [0.717, 1.165) is 5.56 Å². The van der Waals surface area contributed by atoms with Crippen molar-refractivity contribution < 1.29 is 24.5 Å². The number of ether oxygens (including phenoxy) is 1. The van der Waals surface area contributed by atoms with Gasteiger partial charge < -0.3 is 20.3 Å². The molecule has 0 aliphatic carbocycles. The van der Waals surface area contributed by atoms with Gasteiger partial charge in [-0.15, -0.1) is 0 Å². The summed E-state index contributed by atoms with van der Waals surface area (Å²) in [6, 6.07) is 14.0. The predicted octanol–water partition coefficient (Wildman–Crippen LogP) is 2.13. The number of hydrogen-bond donors (Lipinski definition) is 3. The van der Waals surface area contributed by atoms with Crippen LogP contribution >= 0.6 is 0 Å². The number of carbonyl (C=O) groups is 2. The molecule has 2 aromatic carbocycles. The first kappa shape index (κ1) is 18.6. The molecule has 0 aromatic heterocycles. The number of carbonyl (C=O) groups excluding carboxylic acids is 2. The van der Waals surface area contributed by atoms with Crippen LogP contribution in [0, 0.1) is 6.92 Å². The summed E-state index contributed by atoms with van der Waals surface area (Å²) in [5, 5.41) is 22.7. The zero-order chi connectivity index (χ0) is 18.2. The zero-order valence-corrected chi connectivity index (χ0v) is 13.9. The fourth-order valence-corrected chi connectivity index (χ4v) is 2.39. The molecule has 6 heteroatoms.